The van der Waals surface area contributed by atoms with E-state index < -0.39 is 10.3 Å². The number of anilines is 1. The molecule has 0 saturated carbocycles. The normalized spacial score (nSPS) is 11.6. The third-order valence-electron chi connectivity index (χ3n) is 4.05. The molecule has 132 valence electrons. The van der Waals surface area contributed by atoms with Crippen molar-refractivity contribution in [3.8, 4) is 0 Å². The third kappa shape index (κ3) is 7.36. The SMILES string of the molecule is CCCCCCc1ccccc1N(CCCCCC)S(=O)(=O)O. The molecule has 1 aromatic carbocycles. The number of hydrogen-bond acceptors (Lipinski definition) is 2. The molecule has 0 aliphatic rings. The highest BCUT2D eigenvalue weighted by molar-refractivity contribution is 7.87. The Morgan fingerprint density at radius 1 is 0.913 bits per heavy atom. The molecule has 0 aromatic heterocycles. The molecule has 0 bridgehead atoms. The fourth-order valence-electron chi connectivity index (χ4n) is 2.75. The van der Waals surface area contributed by atoms with Crippen LogP contribution >= 0.6 is 0 Å². The van der Waals surface area contributed by atoms with Crippen LogP contribution in [0.3, 0.4) is 0 Å². The standard InChI is InChI=1S/C18H31NO3S/c1-3-5-7-9-13-17-14-10-11-15-18(17)19(23(20,21)22)16-12-8-6-4-2/h10-11,14-15H,3-9,12-13,16H2,1-2H3,(H,20,21,22). The van der Waals surface area contributed by atoms with Crippen molar-refractivity contribution in [1.29, 1.82) is 0 Å². The van der Waals surface area contributed by atoms with Crippen molar-refractivity contribution >= 4 is 16.0 Å². The number of rotatable bonds is 12. The fourth-order valence-corrected chi connectivity index (χ4v) is 3.54. The number of para-hydroxylation sites is 1. The molecule has 0 heterocycles. The van der Waals surface area contributed by atoms with Crippen LogP contribution in [0, 0.1) is 0 Å². The summed E-state index contributed by atoms with van der Waals surface area (Å²) in [7, 11) is -4.23. The largest absolute Gasteiger partial charge is 0.359 e. The van der Waals surface area contributed by atoms with E-state index in [4.69, 9.17) is 0 Å². The smallest absolute Gasteiger partial charge is 0.269 e. The van der Waals surface area contributed by atoms with E-state index in [1.165, 1.54) is 12.8 Å². The number of nitrogens with zero attached hydrogens (tertiary/aromatic N) is 1. The summed E-state index contributed by atoms with van der Waals surface area (Å²) in [4.78, 5) is 0. The van der Waals surface area contributed by atoms with Gasteiger partial charge in [-0.05, 0) is 30.9 Å². The van der Waals surface area contributed by atoms with Gasteiger partial charge in [0.15, 0.2) is 0 Å². The van der Waals surface area contributed by atoms with Crippen LogP contribution in [0.15, 0.2) is 24.3 Å². The second kappa shape index (κ2) is 10.7. The minimum absolute atomic E-state index is 0.338. The minimum atomic E-state index is -4.23. The van der Waals surface area contributed by atoms with E-state index in [0.29, 0.717) is 12.2 Å². The van der Waals surface area contributed by atoms with E-state index in [1.54, 1.807) is 6.07 Å². The van der Waals surface area contributed by atoms with Gasteiger partial charge in [-0.25, -0.2) is 4.31 Å². The molecule has 1 aromatic rings. The average molecular weight is 342 g/mol. The summed E-state index contributed by atoms with van der Waals surface area (Å²) in [5.74, 6) is 0. The molecule has 0 fully saturated rings. The first kappa shape index (κ1) is 20.0. The Morgan fingerprint density at radius 3 is 2.13 bits per heavy atom. The van der Waals surface area contributed by atoms with Crippen molar-refractivity contribution in [2.75, 3.05) is 10.8 Å². The molecule has 0 spiro atoms. The second-order valence-electron chi connectivity index (χ2n) is 6.05. The van der Waals surface area contributed by atoms with Gasteiger partial charge in [-0.1, -0.05) is 70.6 Å². The van der Waals surface area contributed by atoms with Crippen molar-refractivity contribution < 1.29 is 13.0 Å². The molecule has 0 saturated heterocycles. The first-order chi connectivity index (χ1) is 11.0. The maximum atomic E-state index is 11.8. The van der Waals surface area contributed by atoms with Crippen LogP contribution in [0.1, 0.15) is 70.8 Å². The Balaban J connectivity index is 2.84. The third-order valence-corrected chi connectivity index (χ3v) is 4.99. The molecule has 0 aliphatic carbocycles. The van der Waals surface area contributed by atoms with Gasteiger partial charge in [0.25, 0.3) is 0 Å². The van der Waals surface area contributed by atoms with Crippen molar-refractivity contribution in [2.24, 2.45) is 0 Å². The highest BCUT2D eigenvalue weighted by Crippen LogP contribution is 2.25. The van der Waals surface area contributed by atoms with Crippen molar-refractivity contribution in [3.05, 3.63) is 29.8 Å². The maximum absolute atomic E-state index is 11.8. The lowest BCUT2D eigenvalue weighted by Gasteiger charge is -2.23. The zero-order valence-corrected chi connectivity index (χ0v) is 15.3. The van der Waals surface area contributed by atoms with Crippen LogP contribution in [-0.2, 0) is 16.7 Å². The Kier molecular flexibility index (Phi) is 9.26. The molecule has 0 amide bonds. The molecule has 0 atom stereocenters. The Morgan fingerprint density at radius 2 is 1.52 bits per heavy atom. The molecule has 0 unspecified atom stereocenters. The van der Waals surface area contributed by atoms with E-state index in [0.717, 1.165) is 54.8 Å². The molecular weight excluding hydrogens is 310 g/mol. The monoisotopic (exact) mass is 341 g/mol. The zero-order chi connectivity index (χ0) is 17.1. The lowest BCUT2D eigenvalue weighted by Crippen LogP contribution is -2.32. The molecule has 0 aliphatic heterocycles. The molecule has 5 heteroatoms. The van der Waals surface area contributed by atoms with Gasteiger partial charge in [-0.3, -0.25) is 4.55 Å². The number of unbranched alkanes of at least 4 members (excludes halogenated alkanes) is 6. The lowest BCUT2D eigenvalue weighted by molar-refractivity contribution is 0.476. The fraction of sp³-hybridized carbons (Fsp3) is 0.667. The summed E-state index contributed by atoms with van der Waals surface area (Å²) in [5, 5.41) is 0. The highest BCUT2D eigenvalue weighted by atomic mass is 32.2. The van der Waals surface area contributed by atoms with E-state index in [2.05, 4.69) is 13.8 Å². The van der Waals surface area contributed by atoms with Crippen LogP contribution in [0.5, 0.6) is 0 Å². The zero-order valence-electron chi connectivity index (χ0n) is 14.5. The number of hydrogen-bond donors (Lipinski definition) is 1. The molecule has 23 heavy (non-hydrogen) atoms. The quantitative estimate of drug-likeness (QED) is 0.430. The topological polar surface area (TPSA) is 57.6 Å². The van der Waals surface area contributed by atoms with E-state index >= 15 is 0 Å². The van der Waals surface area contributed by atoms with E-state index in [9.17, 15) is 13.0 Å². The Labute approximate surface area is 141 Å². The van der Waals surface area contributed by atoms with Gasteiger partial charge in [0.1, 0.15) is 0 Å². The van der Waals surface area contributed by atoms with Crippen molar-refractivity contribution in [2.45, 2.75) is 71.6 Å². The van der Waals surface area contributed by atoms with E-state index in [-0.39, 0.29) is 0 Å². The highest BCUT2D eigenvalue weighted by Gasteiger charge is 2.21. The molecular formula is C18H31NO3S. The molecule has 1 N–H and O–H groups in total. The van der Waals surface area contributed by atoms with Gasteiger partial charge in [-0.2, -0.15) is 8.42 Å². The average Bonchev–Trinajstić information content (AvgIpc) is 2.51. The first-order valence-corrected chi connectivity index (χ1v) is 10.2. The summed E-state index contributed by atoms with van der Waals surface area (Å²) in [6.07, 6.45) is 9.32. The van der Waals surface area contributed by atoms with Crippen molar-refractivity contribution in [1.82, 2.24) is 0 Å². The van der Waals surface area contributed by atoms with Gasteiger partial charge in [0, 0.05) is 6.54 Å². The van der Waals surface area contributed by atoms with Crippen LogP contribution in [-0.4, -0.2) is 19.5 Å². The second-order valence-corrected chi connectivity index (χ2v) is 7.39. The number of benzene rings is 1. The molecule has 1 rings (SSSR count). The summed E-state index contributed by atoms with van der Waals surface area (Å²) in [5.41, 5.74) is 1.62. The van der Waals surface area contributed by atoms with Crippen LogP contribution < -0.4 is 4.31 Å². The molecule has 4 nitrogen and oxygen atoms in total. The van der Waals surface area contributed by atoms with Crippen LogP contribution in [0.25, 0.3) is 0 Å². The Hall–Kier alpha value is -1.07. The van der Waals surface area contributed by atoms with Gasteiger partial charge >= 0.3 is 10.3 Å². The van der Waals surface area contributed by atoms with Gasteiger partial charge in [0.2, 0.25) is 0 Å². The minimum Gasteiger partial charge on any atom is -0.269 e. The van der Waals surface area contributed by atoms with E-state index in [1.807, 2.05) is 18.2 Å². The van der Waals surface area contributed by atoms with Gasteiger partial charge in [0.05, 0.1) is 5.69 Å². The summed E-state index contributed by atoms with van der Waals surface area (Å²) in [6, 6.07) is 7.52. The van der Waals surface area contributed by atoms with Gasteiger partial charge < -0.3 is 0 Å². The summed E-state index contributed by atoms with van der Waals surface area (Å²) < 4.78 is 34.4. The predicted molar refractivity (Wildman–Crippen MR) is 97.3 cm³/mol. The van der Waals surface area contributed by atoms with Crippen LogP contribution in [0.4, 0.5) is 5.69 Å². The maximum Gasteiger partial charge on any atom is 0.359 e. The first-order valence-electron chi connectivity index (χ1n) is 8.83. The van der Waals surface area contributed by atoms with Crippen molar-refractivity contribution in [3.63, 3.8) is 0 Å². The lowest BCUT2D eigenvalue weighted by atomic mass is 10.0. The Bertz CT molecular complexity index is 543. The summed E-state index contributed by atoms with van der Waals surface area (Å²) in [6.45, 7) is 4.63. The van der Waals surface area contributed by atoms with Crippen LogP contribution in [0.2, 0.25) is 0 Å². The summed E-state index contributed by atoms with van der Waals surface area (Å²) >= 11 is 0. The predicted octanol–water partition coefficient (Wildman–Crippen LogP) is 5.00. The molecule has 0 radical (unpaired) electrons. The number of aryl methyl sites for hydroxylation is 1. The van der Waals surface area contributed by atoms with Gasteiger partial charge in [-0.15, -0.1) is 0 Å².